The maximum Gasteiger partial charge on any atom is 0.227 e. The van der Waals surface area contributed by atoms with Gasteiger partial charge in [0, 0.05) is 24.7 Å². The Morgan fingerprint density at radius 1 is 1.25 bits per heavy atom. The fourth-order valence-corrected chi connectivity index (χ4v) is 4.02. The third-order valence-corrected chi connectivity index (χ3v) is 5.60. The van der Waals surface area contributed by atoms with Gasteiger partial charge in [-0.25, -0.2) is 0 Å². The van der Waals surface area contributed by atoms with Crippen LogP contribution < -0.4 is 10.2 Å². The number of hydrogen-bond acceptors (Lipinski definition) is 2. The molecule has 1 saturated carbocycles. The molecule has 0 spiro atoms. The second-order valence-electron chi connectivity index (χ2n) is 7.26. The Bertz CT molecular complexity index is 613. The Hall–Kier alpha value is -1.84. The quantitative estimate of drug-likeness (QED) is 0.922. The van der Waals surface area contributed by atoms with Gasteiger partial charge in [-0.15, -0.1) is 0 Å². The minimum Gasteiger partial charge on any atom is -0.353 e. The van der Waals surface area contributed by atoms with E-state index in [-0.39, 0.29) is 23.8 Å². The fourth-order valence-electron chi connectivity index (χ4n) is 4.02. The van der Waals surface area contributed by atoms with Crippen molar-refractivity contribution in [2.45, 2.75) is 58.4 Å². The number of carbonyl (C=O) groups is 2. The number of aryl methyl sites for hydroxylation is 1. The zero-order chi connectivity index (χ0) is 17.1. The summed E-state index contributed by atoms with van der Waals surface area (Å²) in [6.45, 7) is 4.81. The summed E-state index contributed by atoms with van der Waals surface area (Å²) in [6, 6.07) is 8.27. The highest BCUT2D eigenvalue weighted by Gasteiger charge is 2.37. The van der Waals surface area contributed by atoms with Crippen LogP contribution in [0.25, 0.3) is 0 Å². The van der Waals surface area contributed by atoms with Crippen LogP contribution in [0.1, 0.15) is 51.5 Å². The molecular weight excluding hydrogens is 300 g/mol. The summed E-state index contributed by atoms with van der Waals surface area (Å²) in [6.07, 6.45) is 5.91. The standard InChI is InChI=1S/C20H28N2O2/c1-3-15-9-5-7-11-18(15)22-13-16(12-19(22)23)20(24)21-17-10-6-4-8-14(17)2/h5,7,9,11,14,16-17H,3-4,6,8,10,12-13H2,1-2H3,(H,21,24)/t14-,16+,17-/m0/s1. The third-order valence-electron chi connectivity index (χ3n) is 5.60. The molecule has 1 aromatic carbocycles. The van der Waals surface area contributed by atoms with E-state index in [9.17, 15) is 9.59 Å². The van der Waals surface area contributed by atoms with Gasteiger partial charge >= 0.3 is 0 Å². The minimum atomic E-state index is -0.225. The summed E-state index contributed by atoms with van der Waals surface area (Å²) >= 11 is 0. The van der Waals surface area contributed by atoms with Gasteiger partial charge in [0.2, 0.25) is 11.8 Å². The van der Waals surface area contributed by atoms with Gasteiger partial charge in [0.25, 0.3) is 0 Å². The molecule has 4 heteroatoms. The Morgan fingerprint density at radius 2 is 2.00 bits per heavy atom. The van der Waals surface area contributed by atoms with Gasteiger partial charge in [-0.1, -0.05) is 44.9 Å². The van der Waals surface area contributed by atoms with Gasteiger partial charge in [-0.3, -0.25) is 9.59 Å². The van der Waals surface area contributed by atoms with Gasteiger partial charge in [-0.2, -0.15) is 0 Å². The van der Waals surface area contributed by atoms with Crippen molar-refractivity contribution in [2.24, 2.45) is 11.8 Å². The second-order valence-corrected chi connectivity index (χ2v) is 7.26. The van der Waals surface area contributed by atoms with E-state index in [1.165, 1.54) is 19.3 Å². The molecule has 130 valence electrons. The SMILES string of the molecule is CCc1ccccc1N1C[C@H](C(=O)N[C@H]2CCCC[C@@H]2C)CC1=O. The molecule has 4 nitrogen and oxygen atoms in total. The molecule has 1 aliphatic carbocycles. The number of para-hydroxylation sites is 1. The smallest absolute Gasteiger partial charge is 0.227 e. The number of nitrogens with one attached hydrogen (secondary N) is 1. The third kappa shape index (κ3) is 3.47. The van der Waals surface area contributed by atoms with E-state index >= 15 is 0 Å². The Balaban J connectivity index is 1.67. The number of benzene rings is 1. The first-order valence-corrected chi connectivity index (χ1v) is 9.28. The lowest BCUT2D eigenvalue weighted by molar-refractivity contribution is -0.127. The molecule has 1 saturated heterocycles. The molecular formula is C20H28N2O2. The molecule has 0 unspecified atom stereocenters. The van der Waals surface area contributed by atoms with Gasteiger partial charge in [0.05, 0.1) is 5.92 Å². The van der Waals surface area contributed by atoms with Crippen molar-refractivity contribution in [1.82, 2.24) is 5.32 Å². The lowest BCUT2D eigenvalue weighted by Gasteiger charge is -2.30. The number of rotatable bonds is 4. The Labute approximate surface area is 144 Å². The lowest BCUT2D eigenvalue weighted by atomic mass is 9.85. The van der Waals surface area contributed by atoms with Gasteiger partial charge < -0.3 is 10.2 Å². The number of hydrogen-bond donors (Lipinski definition) is 1. The van der Waals surface area contributed by atoms with E-state index in [0.717, 1.165) is 24.1 Å². The van der Waals surface area contributed by atoms with Gasteiger partial charge in [0.1, 0.15) is 0 Å². The number of amides is 2. The second kappa shape index (κ2) is 7.37. The zero-order valence-electron chi connectivity index (χ0n) is 14.8. The number of nitrogens with zero attached hydrogens (tertiary/aromatic N) is 1. The highest BCUT2D eigenvalue weighted by molar-refractivity contribution is 6.00. The predicted octanol–water partition coefficient (Wildman–Crippen LogP) is 3.30. The highest BCUT2D eigenvalue weighted by Crippen LogP contribution is 2.29. The van der Waals surface area contributed by atoms with E-state index < -0.39 is 0 Å². The maximum atomic E-state index is 12.6. The molecule has 0 aromatic heterocycles. The van der Waals surface area contributed by atoms with Crippen LogP contribution in [-0.2, 0) is 16.0 Å². The van der Waals surface area contributed by atoms with E-state index in [0.29, 0.717) is 18.9 Å². The molecule has 1 heterocycles. The summed E-state index contributed by atoms with van der Waals surface area (Å²) in [5, 5.41) is 3.21. The predicted molar refractivity (Wildman–Crippen MR) is 95.8 cm³/mol. The van der Waals surface area contributed by atoms with Crippen LogP contribution in [0.4, 0.5) is 5.69 Å². The Morgan fingerprint density at radius 3 is 2.75 bits per heavy atom. The summed E-state index contributed by atoms with van der Waals surface area (Å²) in [4.78, 5) is 26.9. The molecule has 3 rings (SSSR count). The maximum absolute atomic E-state index is 12.6. The van der Waals surface area contributed by atoms with Crippen molar-refractivity contribution in [1.29, 1.82) is 0 Å². The molecule has 2 aliphatic rings. The molecule has 2 amide bonds. The topological polar surface area (TPSA) is 49.4 Å². The van der Waals surface area contributed by atoms with Crippen molar-refractivity contribution in [3.8, 4) is 0 Å². The fraction of sp³-hybridized carbons (Fsp3) is 0.600. The Kier molecular flexibility index (Phi) is 5.22. The van der Waals surface area contributed by atoms with Crippen LogP contribution in [0.15, 0.2) is 24.3 Å². The van der Waals surface area contributed by atoms with Crippen LogP contribution in [0.3, 0.4) is 0 Å². The van der Waals surface area contributed by atoms with Crippen LogP contribution in [0.5, 0.6) is 0 Å². The van der Waals surface area contributed by atoms with Gasteiger partial charge in [0.15, 0.2) is 0 Å². The van der Waals surface area contributed by atoms with E-state index in [1.807, 2.05) is 18.2 Å². The van der Waals surface area contributed by atoms with Crippen molar-refractivity contribution in [3.05, 3.63) is 29.8 Å². The lowest BCUT2D eigenvalue weighted by Crippen LogP contribution is -2.44. The normalized spacial score (nSPS) is 27.3. The van der Waals surface area contributed by atoms with Crippen molar-refractivity contribution < 1.29 is 9.59 Å². The molecule has 2 fully saturated rings. The van der Waals surface area contributed by atoms with Gasteiger partial charge in [-0.05, 0) is 36.8 Å². The summed E-state index contributed by atoms with van der Waals surface area (Å²) in [5.74, 6) is 0.430. The molecule has 1 aromatic rings. The first-order valence-electron chi connectivity index (χ1n) is 9.28. The van der Waals surface area contributed by atoms with Crippen LogP contribution >= 0.6 is 0 Å². The summed E-state index contributed by atoms with van der Waals surface area (Å²) in [7, 11) is 0. The van der Waals surface area contributed by atoms with Crippen LogP contribution in [0, 0.1) is 11.8 Å². The minimum absolute atomic E-state index is 0.0542. The number of anilines is 1. The molecule has 0 bridgehead atoms. The highest BCUT2D eigenvalue weighted by atomic mass is 16.2. The van der Waals surface area contributed by atoms with Crippen molar-refractivity contribution in [2.75, 3.05) is 11.4 Å². The molecule has 0 radical (unpaired) electrons. The van der Waals surface area contributed by atoms with E-state index in [4.69, 9.17) is 0 Å². The van der Waals surface area contributed by atoms with E-state index in [1.54, 1.807) is 4.90 Å². The summed E-state index contributed by atoms with van der Waals surface area (Å²) in [5.41, 5.74) is 2.12. The zero-order valence-corrected chi connectivity index (χ0v) is 14.8. The van der Waals surface area contributed by atoms with Crippen molar-refractivity contribution in [3.63, 3.8) is 0 Å². The van der Waals surface area contributed by atoms with Crippen molar-refractivity contribution >= 4 is 17.5 Å². The monoisotopic (exact) mass is 328 g/mol. The van der Waals surface area contributed by atoms with Crippen LogP contribution in [0.2, 0.25) is 0 Å². The first kappa shape index (κ1) is 17.0. The molecule has 1 aliphatic heterocycles. The molecule has 1 N–H and O–H groups in total. The average molecular weight is 328 g/mol. The van der Waals surface area contributed by atoms with E-state index in [2.05, 4.69) is 25.2 Å². The average Bonchev–Trinajstić information content (AvgIpc) is 2.98. The number of carbonyl (C=O) groups excluding carboxylic acids is 2. The first-order chi connectivity index (χ1) is 11.6. The molecule has 24 heavy (non-hydrogen) atoms. The summed E-state index contributed by atoms with van der Waals surface area (Å²) < 4.78 is 0. The van der Waals surface area contributed by atoms with Crippen LogP contribution in [-0.4, -0.2) is 24.4 Å². The molecule has 3 atom stereocenters. The largest absolute Gasteiger partial charge is 0.353 e.